The second kappa shape index (κ2) is 8.48. The van der Waals surface area contributed by atoms with Gasteiger partial charge < -0.3 is 15.5 Å². The van der Waals surface area contributed by atoms with E-state index in [1.54, 1.807) is 11.1 Å². The van der Waals surface area contributed by atoms with Crippen molar-refractivity contribution in [2.24, 2.45) is 0 Å². The maximum atomic E-state index is 12.2. The first-order valence-corrected chi connectivity index (χ1v) is 6.92. The van der Waals surface area contributed by atoms with Crippen LogP contribution in [0.25, 0.3) is 0 Å². The van der Waals surface area contributed by atoms with Crippen LogP contribution in [0.5, 0.6) is 0 Å². The Labute approximate surface area is 115 Å². The van der Waals surface area contributed by atoms with Gasteiger partial charge in [0.2, 0.25) is 0 Å². The van der Waals surface area contributed by atoms with E-state index in [0.29, 0.717) is 18.8 Å². The smallest absolute Gasteiger partial charge is 0.272 e. The van der Waals surface area contributed by atoms with Crippen molar-refractivity contribution in [2.75, 3.05) is 38.0 Å². The molecule has 5 nitrogen and oxygen atoms in total. The minimum atomic E-state index is -0.0136. The third-order valence-electron chi connectivity index (χ3n) is 2.91. The van der Waals surface area contributed by atoms with Crippen molar-refractivity contribution in [1.82, 2.24) is 15.2 Å². The van der Waals surface area contributed by atoms with E-state index >= 15 is 0 Å². The third-order valence-corrected chi connectivity index (χ3v) is 2.91. The maximum Gasteiger partial charge on any atom is 0.272 e. The van der Waals surface area contributed by atoms with Crippen molar-refractivity contribution in [3.8, 4) is 0 Å². The molecular formula is C14H24N4O. The van der Waals surface area contributed by atoms with Crippen molar-refractivity contribution in [1.29, 1.82) is 0 Å². The molecular weight excluding hydrogens is 240 g/mol. The number of nitrogens with zero attached hydrogens (tertiary/aromatic N) is 2. The van der Waals surface area contributed by atoms with Crippen LogP contribution >= 0.6 is 0 Å². The number of rotatable bonds is 8. The van der Waals surface area contributed by atoms with Crippen molar-refractivity contribution in [2.45, 2.75) is 20.8 Å². The van der Waals surface area contributed by atoms with Gasteiger partial charge in [0.1, 0.15) is 5.69 Å². The molecule has 106 valence electrons. The second-order valence-electron chi connectivity index (χ2n) is 4.19. The van der Waals surface area contributed by atoms with Gasteiger partial charge in [-0.1, -0.05) is 6.92 Å². The lowest BCUT2D eigenvalue weighted by atomic mass is 10.2. The topological polar surface area (TPSA) is 57.3 Å². The van der Waals surface area contributed by atoms with Crippen LogP contribution in [0, 0.1) is 0 Å². The molecule has 0 aliphatic carbocycles. The van der Waals surface area contributed by atoms with Gasteiger partial charge in [-0.25, -0.2) is 0 Å². The number of hydrogen-bond donors (Lipinski definition) is 2. The fourth-order valence-electron chi connectivity index (χ4n) is 1.80. The standard InChI is InChI=1S/C14H24N4O/c1-4-15-9-10-16-12-7-8-17-13(11-12)14(19)18(5-2)6-3/h7-8,11,15H,4-6,9-10H2,1-3H3,(H,16,17). The zero-order chi connectivity index (χ0) is 14.1. The number of amides is 1. The van der Waals surface area contributed by atoms with Crippen LogP contribution in [0.3, 0.4) is 0 Å². The highest BCUT2D eigenvalue weighted by Gasteiger charge is 2.13. The Balaban J connectivity index is 2.63. The summed E-state index contributed by atoms with van der Waals surface area (Å²) < 4.78 is 0. The minimum absolute atomic E-state index is 0.0136. The number of likely N-dealkylation sites (N-methyl/N-ethyl adjacent to an activating group) is 1. The fourth-order valence-corrected chi connectivity index (χ4v) is 1.80. The monoisotopic (exact) mass is 264 g/mol. The van der Waals surface area contributed by atoms with Crippen LogP contribution in [0.15, 0.2) is 18.3 Å². The Bertz CT molecular complexity index is 391. The van der Waals surface area contributed by atoms with Crippen LogP contribution in [0.4, 0.5) is 5.69 Å². The molecule has 1 rings (SSSR count). The quantitative estimate of drug-likeness (QED) is 0.700. The Kier molecular flexibility index (Phi) is 6.89. The molecule has 0 radical (unpaired) electrons. The lowest BCUT2D eigenvalue weighted by Crippen LogP contribution is -2.31. The SMILES string of the molecule is CCNCCNc1ccnc(C(=O)N(CC)CC)c1. The number of anilines is 1. The first-order chi connectivity index (χ1) is 9.22. The number of carbonyl (C=O) groups excluding carboxylic acids is 1. The van der Waals surface area contributed by atoms with Gasteiger partial charge in [0, 0.05) is 38.1 Å². The molecule has 19 heavy (non-hydrogen) atoms. The van der Waals surface area contributed by atoms with E-state index in [1.165, 1.54) is 0 Å². The summed E-state index contributed by atoms with van der Waals surface area (Å²) in [6.07, 6.45) is 1.67. The molecule has 0 unspecified atom stereocenters. The summed E-state index contributed by atoms with van der Waals surface area (Å²) in [5.74, 6) is -0.0136. The van der Waals surface area contributed by atoms with Gasteiger partial charge in [0.15, 0.2) is 0 Å². The normalized spacial score (nSPS) is 10.3. The van der Waals surface area contributed by atoms with Gasteiger partial charge in [-0.2, -0.15) is 0 Å². The minimum Gasteiger partial charge on any atom is -0.384 e. The molecule has 1 amide bonds. The van der Waals surface area contributed by atoms with Crippen molar-refractivity contribution < 1.29 is 4.79 Å². The molecule has 0 saturated carbocycles. The predicted octanol–water partition coefficient (Wildman–Crippen LogP) is 1.58. The molecule has 1 heterocycles. The van der Waals surface area contributed by atoms with Crippen LogP contribution in [0.2, 0.25) is 0 Å². The number of nitrogens with one attached hydrogen (secondary N) is 2. The van der Waals surface area contributed by atoms with Gasteiger partial charge >= 0.3 is 0 Å². The molecule has 2 N–H and O–H groups in total. The van der Waals surface area contributed by atoms with Crippen LogP contribution in [-0.2, 0) is 0 Å². The average molecular weight is 264 g/mol. The Morgan fingerprint density at radius 1 is 1.26 bits per heavy atom. The predicted molar refractivity (Wildman–Crippen MR) is 78.5 cm³/mol. The van der Waals surface area contributed by atoms with E-state index in [2.05, 4.69) is 22.5 Å². The Morgan fingerprint density at radius 3 is 2.63 bits per heavy atom. The number of carbonyl (C=O) groups is 1. The summed E-state index contributed by atoms with van der Waals surface area (Å²) in [6, 6.07) is 3.69. The molecule has 0 fully saturated rings. The molecule has 1 aromatic rings. The Hall–Kier alpha value is -1.62. The summed E-state index contributed by atoms with van der Waals surface area (Å²) in [5, 5.41) is 6.52. The van der Waals surface area contributed by atoms with Crippen LogP contribution < -0.4 is 10.6 Å². The lowest BCUT2D eigenvalue weighted by Gasteiger charge is -2.18. The molecule has 5 heteroatoms. The second-order valence-corrected chi connectivity index (χ2v) is 4.19. The van der Waals surface area contributed by atoms with E-state index in [9.17, 15) is 4.79 Å². The summed E-state index contributed by atoms with van der Waals surface area (Å²) in [5.41, 5.74) is 1.43. The van der Waals surface area contributed by atoms with Crippen molar-refractivity contribution in [3.05, 3.63) is 24.0 Å². The van der Waals surface area contributed by atoms with Crippen molar-refractivity contribution in [3.63, 3.8) is 0 Å². The van der Waals surface area contributed by atoms with Crippen LogP contribution in [-0.4, -0.2) is 48.5 Å². The molecule has 1 aromatic heterocycles. The Morgan fingerprint density at radius 2 is 2.00 bits per heavy atom. The van der Waals surface area contributed by atoms with E-state index < -0.39 is 0 Å². The highest BCUT2D eigenvalue weighted by atomic mass is 16.2. The largest absolute Gasteiger partial charge is 0.384 e. The molecule has 0 aliphatic rings. The number of hydrogen-bond acceptors (Lipinski definition) is 4. The van der Waals surface area contributed by atoms with Crippen molar-refractivity contribution >= 4 is 11.6 Å². The third kappa shape index (κ3) is 4.87. The fraction of sp³-hybridized carbons (Fsp3) is 0.571. The highest BCUT2D eigenvalue weighted by Crippen LogP contribution is 2.09. The molecule has 0 aliphatic heterocycles. The zero-order valence-corrected chi connectivity index (χ0v) is 12.1. The number of aromatic nitrogens is 1. The number of pyridine rings is 1. The van der Waals surface area contributed by atoms with Gasteiger partial charge in [-0.05, 0) is 32.5 Å². The summed E-state index contributed by atoms with van der Waals surface area (Å²) >= 11 is 0. The van der Waals surface area contributed by atoms with Gasteiger partial charge in [-0.3, -0.25) is 9.78 Å². The highest BCUT2D eigenvalue weighted by molar-refractivity contribution is 5.93. The summed E-state index contributed by atoms with van der Waals surface area (Å²) in [6.45, 7) is 10.1. The van der Waals surface area contributed by atoms with Gasteiger partial charge in [-0.15, -0.1) is 0 Å². The first-order valence-electron chi connectivity index (χ1n) is 6.92. The molecule has 0 saturated heterocycles. The first kappa shape index (κ1) is 15.4. The van der Waals surface area contributed by atoms with E-state index in [-0.39, 0.29) is 5.91 Å². The summed E-state index contributed by atoms with van der Waals surface area (Å²) in [7, 11) is 0. The van der Waals surface area contributed by atoms with E-state index in [4.69, 9.17) is 0 Å². The zero-order valence-electron chi connectivity index (χ0n) is 12.1. The van der Waals surface area contributed by atoms with E-state index in [0.717, 1.165) is 25.3 Å². The van der Waals surface area contributed by atoms with Gasteiger partial charge in [0.05, 0.1) is 0 Å². The molecule has 0 bridgehead atoms. The van der Waals surface area contributed by atoms with Gasteiger partial charge in [0.25, 0.3) is 5.91 Å². The van der Waals surface area contributed by atoms with E-state index in [1.807, 2.05) is 26.0 Å². The average Bonchev–Trinajstić information content (AvgIpc) is 2.45. The molecule has 0 spiro atoms. The maximum absolute atomic E-state index is 12.2. The lowest BCUT2D eigenvalue weighted by molar-refractivity contribution is 0.0767. The van der Waals surface area contributed by atoms with Crippen LogP contribution in [0.1, 0.15) is 31.3 Å². The summed E-state index contributed by atoms with van der Waals surface area (Å²) in [4.78, 5) is 18.1. The molecule has 0 atom stereocenters. The molecule has 0 aromatic carbocycles.